The van der Waals surface area contributed by atoms with E-state index in [2.05, 4.69) is 5.32 Å². The molecule has 0 spiro atoms. The number of hydrogen-bond donors (Lipinski definition) is 2. The Balaban J connectivity index is 2.07. The fraction of sp³-hybridized carbons (Fsp3) is 0.190. The maximum absolute atomic E-state index is 12.7. The van der Waals surface area contributed by atoms with Crippen molar-refractivity contribution in [2.45, 2.75) is 20.4 Å². The zero-order valence-corrected chi connectivity index (χ0v) is 16.7. The van der Waals surface area contributed by atoms with Crippen LogP contribution in [0.2, 0.25) is 0 Å². The predicted octanol–water partition coefficient (Wildman–Crippen LogP) is 1.88. The van der Waals surface area contributed by atoms with Crippen molar-refractivity contribution in [2.75, 3.05) is 11.9 Å². The maximum Gasteiger partial charge on any atom is 0.351 e. The first-order valence-corrected chi connectivity index (χ1v) is 9.81. The van der Waals surface area contributed by atoms with Crippen molar-refractivity contribution in [2.24, 2.45) is 0 Å². The van der Waals surface area contributed by atoms with E-state index < -0.39 is 5.97 Å². The third-order valence-electron chi connectivity index (χ3n) is 4.26. The number of nitriles is 1. The summed E-state index contributed by atoms with van der Waals surface area (Å²) >= 11 is 1.05. The Kier molecular flexibility index (Phi) is 6.00. The molecule has 3 aromatic rings. The van der Waals surface area contributed by atoms with Crippen LogP contribution < -0.4 is 20.1 Å². The summed E-state index contributed by atoms with van der Waals surface area (Å²) in [5, 5.41) is 23.9. The van der Waals surface area contributed by atoms with Crippen molar-refractivity contribution in [3.63, 3.8) is 0 Å². The predicted molar refractivity (Wildman–Crippen MR) is 113 cm³/mol. The molecule has 148 valence electrons. The van der Waals surface area contributed by atoms with Crippen LogP contribution in [0.1, 0.15) is 13.8 Å². The lowest BCUT2D eigenvalue weighted by Gasteiger charge is -2.04. The second kappa shape index (κ2) is 8.63. The summed E-state index contributed by atoms with van der Waals surface area (Å²) in [4.78, 5) is 24.8. The first-order chi connectivity index (χ1) is 14.0. The highest BCUT2D eigenvalue weighted by atomic mass is 32.1. The van der Waals surface area contributed by atoms with Crippen molar-refractivity contribution in [3.8, 4) is 11.8 Å². The Morgan fingerprint density at radius 2 is 2.14 bits per heavy atom. The van der Waals surface area contributed by atoms with Crippen LogP contribution in [0.3, 0.4) is 0 Å². The molecule has 8 heteroatoms. The van der Waals surface area contributed by atoms with Gasteiger partial charge in [-0.3, -0.25) is 9.36 Å². The number of phenols is 1. The van der Waals surface area contributed by atoms with Crippen LogP contribution in [0.15, 0.2) is 41.2 Å². The van der Waals surface area contributed by atoms with Gasteiger partial charge < -0.3 is 15.2 Å². The smallest absolute Gasteiger partial charge is 0.351 e. The molecule has 0 saturated heterocycles. The minimum atomic E-state index is -0.743. The van der Waals surface area contributed by atoms with E-state index in [9.17, 15) is 20.0 Å². The summed E-state index contributed by atoms with van der Waals surface area (Å²) in [6.45, 7) is 3.88. The summed E-state index contributed by atoms with van der Waals surface area (Å²) in [6, 6.07) is 12.5. The number of ether oxygens (including phenoxy) is 1. The van der Waals surface area contributed by atoms with Crippen LogP contribution in [0, 0.1) is 11.3 Å². The molecule has 1 aromatic heterocycles. The first-order valence-electron chi connectivity index (χ1n) is 8.99. The molecule has 2 aromatic carbocycles. The van der Waals surface area contributed by atoms with Gasteiger partial charge in [-0.05, 0) is 43.5 Å². The molecule has 0 aliphatic carbocycles. The van der Waals surface area contributed by atoms with Crippen molar-refractivity contribution < 1.29 is 14.6 Å². The van der Waals surface area contributed by atoms with E-state index in [1.165, 1.54) is 4.57 Å². The van der Waals surface area contributed by atoms with E-state index in [1.54, 1.807) is 44.3 Å². The summed E-state index contributed by atoms with van der Waals surface area (Å²) in [5.41, 5.74) is 0.252. The van der Waals surface area contributed by atoms with Crippen molar-refractivity contribution in [1.82, 2.24) is 4.57 Å². The molecular formula is C21H19N3O4S. The van der Waals surface area contributed by atoms with Crippen molar-refractivity contribution in [3.05, 3.63) is 55.9 Å². The molecule has 0 fully saturated rings. The molecule has 3 rings (SSSR count). The molecule has 0 bridgehead atoms. The van der Waals surface area contributed by atoms with Gasteiger partial charge in [0.2, 0.25) is 0 Å². The molecule has 7 nitrogen and oxygen atoms in total. The van der Waals surface area contributed by atoms with Gasteiger partial charge in [0.1, 0.15) is 21.0 Å². The van der Waals surface area contributed by atoms with Gasteiger partial charge in [0.05, 0.1) is 6.61 Å². The molecule has 0 aliphatic rings. The van der Waals surface area contributed by atoms with E-state index in [-0.39, 0.29) is 28.2 Å². The minimum absolute atomic E-state index is 0.143. The molecular weight excluding hydrogens is 390 g/mol. The number of nitrogens with one attached hydrogen (secondary N) is 1. The Morgan fingerprint density at radius 1 is 1.34 bits per heavy atom. The molecule has 0 aliphatic heterocycles. The Bertz CT molecular complexity index is 1300. The molecule has 1 heterocycles. The number of carbonyl (C=O) groups is 1. The summed E-state index contributed by atoms with van der Waals surface area (Å²) < 4.78 is 6.93. The Morgan fingerprint density at radius 3 is 2.83 bits per heavy atom. The van der Waals surface area contributed by atoms with Gasteiger partial charge in [-0.2, -0.15) is 5.26 Å². The van der Waals surface area contributed by atoms with E-state index in [0.717, 1.165) is 27.8 Å². The number of aromatic nitrogens is 1. The first kappa shape index (κ1) is 20.2. The van der Waals surface area contributed by atoms with Gasteiger partial charge in [-0.15, -0.1) is 11.3 Å². The normalized spacial score (nSPS) is 12.5. The standard InChI is InChI=1S/C21H19N3O4S/c1-3-24-19(26)18(29-20(24)16(11-22)21(27)28-4-2)12-23-14-8-9-15-13(10-14)6-5-7-17(15)25/h5-10,12,23,25H,3-4H2,1-2H3. The number of nitrogens with zero attached hydrogens (tertiary/aromatic N) is 2. The number of carbonyl (C=O) groups excluding carboxylic acids is 1. The van der Waals surface area contributed by atoms with Gasteiger partial charge in [-0.25, -0.2) is 4.79 Å². The lowest BCUT2D eigenvalue weighted by Crippen LogP contribution is -2.32. The van der Waals surface area contributed by atoms with Gasteiger partial charge >= 0.3 is 5.97 Å². The molecule has 0 atom stereocenters. The molecule has 2 N–H and O–H groups in total. The topological polar surface area (TPSA) is 104 Å². The molecule has 29 heavy (non-hydrogen) atoms. The average Bonchev–Trinajstić information content (AvgIpc) is 3.02. The van der Waals surface area contributed by atoms with Crippen molar-refractivity contribution >= 4 is 45.5 Å². The van der Waals surface area contributed by atoms with E-state index in [4.69, 9.17) is 4.74 Å². The second-order valence-electron chi connectivity index (χ2n) is 6.03. The molecule has 0 saturated carbocycles. The number of phenolic OH excluding ortho intramolecular Hbond substituents is 1. The number of fused-ring (bicyclic) bond motifs is 1. The second-order valence-corrected chi connectivity index (χ2v) is 7.06. The highest BCUT2D eigenvalue weighted by Gasteiger charge is 2.16. The zero-order valence-electron chi connectivity index (χ0n) is 15.9. The van der Waals surface area contributed by atoms with E-state index >= 15 is 0 Å². The number of benzene rings is 2. The highest BCUT2D eigenvalue weighted by molar-refractivity contribution is 7.07. The van der Waals surface area contributed by atoms with E-state index in [0.29, 0.717) is 11.1 Å². The van der Waals surface area contributed by atoms with Crippen molar-refractivity contribution in [1.29, 1.82) is 5.26 Å². The van der Waals surface area contributed by atoms with Gasteiger partial charge in [-0.1, -0.05) is 12.1 Å². The Hall–Kier alpha value is -3.57. The lowest BCUT2D eigenvalue weighted by atomic mass is 10.1. The highest BCUT2D eigenvalue weighted by Crippen LogP contribution is 2.26. The molecule has 0 radical (unpaired) electrons. The van der Waals surface area contributed by atoms with Crippen LogP contribution in [-0.2, 0) is 16.1 Å². The number of esters is 1. The van der Waals surface area contributed by atoms with Crippen LogP contribution in [-0.4, -0.2) is 22.2 Å². The molecule has 0 amide bonds. The van der Waals surface area contributed by atoms with Gasteiger partial charge in [0.25, 0.3) is 5.56 Å². The molecule has 0 unspecified atom stereocenters. The maximum atomic E-state index is 12.7. The number of aromatic hydroxyl groups is 1. The largest absolute Gasteiger partial charge is 0.507 e. The van der Waals surface area contributed by atoms with Crippen LogP contribution >= 0.6 is 11.3 Å². The number of anilines is 1. The third-order valence-corrected chi connectivity index (χ3v) is 5.39. The van der Waals surface area contributed by atoms with Gasteiger partial charge in [0, 0.05) is 23.8 Å². The monoisotopic (exact) mass is 409 g/mol. The summed E-state index contributed by atoms with van der Waals surface area (Å²) in [7, 11) is 0. The SMILES string of the molecule is CCOC(=O)C(C#N)=c1sc(=CNc2ccc3c(O)cccc3c2)c(=O)n1CC. The van der Waals surface area contributed by atoms with E-state index in [1.807, 2.05) is 18.2 Å². The van der Waals surface area contributed by atoms with Crippen LogP contribution in [0.5, 0.6) is 5.75 Å². The zero-order chi connectivity index (χ0) is 21.0. The third kappa shape index (κ3) is 4.00. The Labute approximate surface area is 170 Å². The quantitative estimate of drug-likeness (QED) is 0.624. The average molecular weight is 409 g/mol. The van der Waals surface area contributed by atoms with Crippen LogP contribution in [0.4, 0.5) is 5.69 Å². The fourth-order valence-electron chi connectivity index (χ4n) is 2.88. The fourth-order valence-corrected chi connectivity index (χ4v) is 3.96. The summed E-state index contributed by atoms with van der Waals surface area (Å²) in [6.07, 6.45) is 1.55. The number of thiazole rings is 1. The number of rotatable bonds is 5. The van der Waals surface area contributed by atoms with Gasteiger partial charge in [0.15, 0.2) is 5.57 Å². The number of hydrogen-bond acceptors (Lipinski definition) is 7. The minimum Gasteiger partial charge on any atom is -0.507 e. The summed E-state index contributed by atoms with van der Waals surface area (Å²) in [5.74, 6) is -0.544. The van der Waals surface area contributed by atoms with Crippen LogP contribution in [0.25, 0.3) is 22.5 Å². The lowest BCUT2D eigenvalue weighted by molar-refractivity contribution is -0.136.